The van der Waals surface area contributed by atoms with Crippen LogP contribution >= 0.6 is 0 Å². The normalized spacial score (nSPS) is 14.0. The lowest BCUT2D eigenvalue weighted by Crippen LogP contribution is -2.12. The summed E-state index contributed by atoms with van der Waals surface area (Å²) in [5, 5.41) is 3.47. The van der Waals surface area contributed by atoms with Crippen molar-refractivity contribution in [3.8, 4) is 11.1 Å². The molecular formula is C15H15N. The van der Waals surface area contributed by atoms with E-state index in [1.807, 2.05) is 0 Å². The van der Waals surface area contributed by atoms with E-state index in [4.69, 9.17) is 0 Å². The van der Waals surface area contributed by atoms with E-state index in [0.29, 0.717) is 0 Å². The lowest BCUT2D eigenvalue weighted by atomic mass is 9.93. The van der Waals surface area contributed by atoms with Crippen LogP contribution in [0.3, 0.4) is 0 Å². The fourth-order valence-electron chi connectivity index (χ4n) is 2.40. The molecule has 1 heteroatoms. The van der Waals surface area contributed by atoms with E-state index in [-0.39, 0.29) is 0 Å². The molecule has 0 fully saturated rings. The highest BCUT2D eigenvalue weighted by Gasteiger charge is 2.12. The quantitative estimate of drug-likeness (QED) is 0.755. The van der Waals surface area contributed by atoms with Crippen LogP contribution in [0, 0.1) is 0 Å². The van der Waals surface area contributed by atoms with Gasteiger partial charge in [0.15, 0.2) is 0 Å². The van der Waals surface area contributed by atoms with E-state index in [2.05, 4.69) is 53.8 Å². The van der Waals surface area contributed by atoms with E-state index in [9.17, 15) is 0 Å². The molecule has 0 atom stereocenters. The lowest BCUT2D eigenvalue weighted by Gasteiger charge is -2.21. The van der Waals surface area contributed by atoms with Gasteiger partial charge in [-0.1, -0.05) is 42.5 Å². The first kappa shape index (κ1) is 9.46. The Morgan fingerprint density at radius 2 is 1.75 bits per heavy atom. The number of anilines is 1. The average Bonchev–Trinajstić information content (AvgIpc) is 2.39. The standard InChI is InChI=1S/C15H15N/c1-2-6-12(7-3-1)13-8-4-10-15-14(13)9-5-11-16-15/h1-4,6-8,10,16H,5,9,11H2. The zero-order chi connectivity index (χ0) is 10.8. The average molecular weight is 209 g/mol. The van der Waals surface area contributed by atoms with Gasteiger partial charge < -0.3 is 5.32 Å². The Morgan fingerprint density at radius 3 is 2.62 bits per heavy atom. The van der Waals surface area contributed by atoms with Crippen LogP contribution in [-0.4, -0.2) is 6.54 Å². The first-order valence-corrected chi connectivity index (χ1v) is 5.86. The van der Waals surface area contributed by atoms with E-state index in [0.717, 1.165) is 6.54 Å². The maximum absolute atomic E-state index is 3.47. The van der Waals surface area contributed by atoms with Crippen molar-refractivity contribution in [3.63, 3.8) is 0 Å². The molecule has 1 heterocycles. The second-order valence-corrected chi connectivity index (χ2v) is 4.23. The molecule has 1 aliphatic rings. The zero-order valence-electron chi connectivity index (χ0n) is 9.24. The first-order chi connectivity index (χ1) is 7.95. The molecule has 1 aliphatic heterocycles. The Morgan fingerprint density at radius 1 is 0.875 bits per heavy atom. The summed E-state index contributed by atoms with van der Waals surface area (Å²) in [6.07, 6.45) is 2.42. The Balaban J connectivity index is 2.14. The van der Waals surface area contributed by atoms with Crippen LogP contribution in [-0.2, 0) is 6.42 Å². The molecule has 0 spiro atoms. The minimum atomic E-state index is 1.10. The second kappa shape index (κ2) is 4.01. The van der Waals surface area contributed by atoms with Crippen LogP contribution in [0.15, 0.2) is 48.5 Å². The number of hydrogen-bond donors (Lipinski definition) is 1. The smallest absolute Gasteiger partial charge is 0.0378 e. The van der Waals surface area contributed by atoms with Crippen molar-refractivity contribution in [3.05, 3.63) is 54.1 Å². The Hall–Kier alpha value is -1.76. The van der Waals surface area contributed by atoms with Gasteiger partial charge in [0.1, 0.15) is 0 Å². The van der Waals surface area contributed by atoms with Crippen LogP contribution in [0.25, 0.3) is 11.1 Å². The predicted octanol–water partition coefficient (Wildman–Crippen LogP) is 3.71. The van der Waals surface area contributed by atoms with Crippen LogP contribution in [0.1, 0.15) is 12.0 Å². The molecule has 2 aromatic carbocycles. The van der Waals surface area contributed by atoms with Gasteiger partial charge in [0.05, 0.1) is 0 Å². The Bertz CT molecular complexity index is 488. The molecule has 1 N–H and O–H groups in total. The maximum atomic E-state index is 3.47. The van der Waals surface area contributed by atoms with E-state index in [1.165, 1.54) is 35.2 Å². The highest BCUT2D eigenvalue weighted by molar-refractivity contribution is 5.74. The summed E-state index contributed by atoms with van der Waals surface area (Å²) in [5.41, 5.74) is 5.49. The number of benzene rings is 2. The predicted molar refractivity (Wildman–Crippen MR) is 68.7 cm³/mol. The molecule has 0 aliphatic carbocycles. The summed E-state index contributed by atoms with van der Waals surface area (Å²) in [5.74, 6) is 0. The molecular weight excluding hydrogens is 194 g/mol. The molecule has 0 saturated carbocycles. The number of hydrogen-bond acceptors (Lipinski definition) is 1. The summed E-state index contributed by atoms with van der Waals surface area (Å²) >= 11 is 0. The molecule has 0 unspecified atom stereocenters. The minimum Gasteiger partial charge on any atom is -0.385 e. The molecule has 1 nitrogen and oxygen atoms in total. The van der Waals surface area contributed by atoms with Gasteiger partial charge in [-0.15, -0.1) is 0 Å². The first-order valence-electron chi connectivity index (χ1n) is 5.86. The van der Waals surface area contributed by atoms with Gasteiger partial charge in [0.25, 0.3) is 0 Å². The van der Waals surface area contributed by atoms with E-state index in [1.54, 1.807) is 0 Å². The van der Waals surface area contributed by atoms with Gasteiger partial charge in [0.2, 0.25) is 0 Å². The van der Waals surface area contributed by atoms with Gasteiger partial charge in [-0.2, -0.15) is 0 Å². The van der Waals surface area contributed by atoms with Crippen molar-refractivity contribution < 1.29 is 0 Å². The number of rotatable bonds is 1. The summed E-state index contributed by atoms with van der Waals surface area (Å²) in [6.45, 7) is 1.10. The molecule has 0 amide bonds. The van der Waals surface area contributed by atoms with Crippen LogP contribution in [0.4, 0.5) is 5.69 Å². The van der Waals surface area contributed by atoms with Crippen LogP contribution < -0.4 is 5.32 Å². The van der Waals surface area contributed by atoms with Crippen molar-refractivity contribution in [2.75, 3.05) is 11.9 Å². The number of fused-ring (bicyclic) bond motifs is 1. The zero-order valence-corrected chi connectivity index (χ0v) is 9.24. The van der Waals surface area contributed by atoms with Crippen molar-refractivity contribution in [1.29, 1.82) is 0 Å². The third kappa shape index (κ3) is 1.58. The summed E-state index contributed by atoms with van der Waals surface area (Å²) < 4.78 is 0. The highest BCUT2D eigenvalue weighted by Crippen LogP contribution is 2.32. The highest BCUT2D eigenvalue weighted by atomic mass is 14.9. The van der Waals surface area contributed by atoms with E-state index < -0.39 is 0 Å². The van der Waals surface area contributed by atoms with Gasteiger partial charge in [-0.25, -0.2) is 0 Å². The van der Waals surface area contributed by atoms with Gasteiger partial charge in [0, 0.05) is 12.2 Å². The van der Waals surface area contributed by atoms with Crippen LogP contribution in [0.5, 0.6) is 0 Å². The topological polar surface area (TPSA) is 12.0 Å². The fraction of sp³-hybridized carbons (Fsp3) is 0.200. The molecule has 16 heavy (non-hydrogen) atoms. The van der Waals surface area contributed by atoms with Crippen molar-refractivity contribution in [1.82, 2.24) is 0 Å². The largest absolute Gasteiger partial charge is 0.385 e. The maximum Gasteiger partial charge on any atom is 0.0378 e. The Labute approximate surface area is 96.1 Å². The third-order valence-corrected chi connectivity index (χ3v) is 3.18. The monoisotopic (exact) mass is 209 g/mol. The third-order valence-electron chi connectivity index (χ3n) is 3.18. The van der Waals surface area contributed by atoms with Crippen LogP contribution in [0.2, 0.25) is 0 Å². The molecule has 0 bridgehead atoms. The molecule has 0 radical (unpaired) electrons. The van der Waals surface area contributed by atoms with Gasteiger partial charge >= 0.3 is 0 Å². The van der Waals surface area contributed by atoms with Gasteiger partial charge in [-0.05, 0) is 35.6 Å². The lowest BCUT2D eigenvalue weighted by molar-refractivity contribution is 0.832. The van der Waals surface area contributed by atoms with Crippen molar-refractivity contribution in [2.24, 2.45) is 0 Å². The fourth-order valence-corrected chi connectivity index (χ4v) is 2.40. The molecule has 3 rings (SSSR count). The summed E-state index contributed by atoms with van der Waals surface area (Å²) in [7, 11) is 0. The molecule has 2 aromatic rings. The Kier molecular flexibility index (Phi) is 2.37. The number of nitrogens with one attached hydrogen (secondary N) is 1. The van der Waals surface area contributed by atoms with Crippen molar-refractivity contribution >= 4 is 5.69 Å². The summed E-state index contributed by atoms with van der Waals surface area (Å²) in [6, 6.07) is 17.2. The minimum absolute atomic E-state index is 1.10. The van der Waals surface area contributed by atoms with Gasteiger partial charge in [-0.3, -0.25) is 0 Å². The van der Waals surface area contributed by atoms with E-state index >= 15 is 0 Å². The SMILES string of the molecule is c1ccc(-c2cccc3c2CCCN3)cc1. The van der Waals surface area contributed by atoms with Crippen molar-refractivity contribution in [2.45, 2.75) is 12.8 Å². The summed E-state index contributed by atoms with van der Waals surface area (Å²) in [4.78, 5) is 0. The molecule has 0 aromatic heterocycles. The second-order valence-electron chi connectivity index (χ2n) is 4.23. The molecule has 80 valence electrons. The molecule has 0 saturated heterocycles.